The molecular weight excluding hydrogens is 264 g/mol. The van der Waals surface area contributed by atoms with Crippen LogP contribution in [0.25, 0.3) is 22.5 Å². The van der Waals surface area contributed by atoms with Gasteiger partial charge in [0.25, 0.3) is 11.6 Å². The van der Waals surface area contributed by atoms with Crippen molar-refractivity contribution in [1.29, 1.82) is 0 Å². The average Bonchev–Trinajstić information content (AvgIpc) is 3.03. The average molecular weight is 274 g/mol. The molecular formula is C12H10N4O4. The first-order valence-electron chi connectivity index (χ1n) is 5.89. The van der Waals surface area contributed by atoms with Crippen molar-refractivity contribution in [2.45, 2.75) is 6.42 Å². The Labute approximate surface area is 112 Å². The fourth-order valence-electron chi connectivity index (χ4n) is 1.97. The fraction of sp³-hybridized carbons (Fsp3) is 0.167. The predicted molar refractivity (Wildman–Crippen MR) is 69.0 cm³/mol. The summed E-state index contributed by atoms with van der Waals surface area (Å²) in [5, 5.41) is 24.2. The van der Waals surface area contributed by atoms with Gasteiger partial charge in [-0.25, -0.2) is 0 Å². The SMILES string of the molecule is O=[N+]([O-])c1cccc2cc(-c3nc(CCO)no3)[nH]c12. The molecule has 0 unspecified atom stereocenters. The van der Waals surface area contributed by atoms with E-state index in [0.29, 0.717) is 28.8 Å². The Balaban J connectivity index is 2.08. The molecule has 0 radical (unpaired) electrons. The number of aromatic amines is 1. The zero-order chi connectivity index (χ0) is 14.1. The molecule has 0 bridgehead atoms. The van der Waals surface area contributed by atoms with Gasteiger partial charge in [-0.3, -0.25) is 10.1 Å². The summed E-state index contributed by atoms with van der Waals surface area (Å²) in [6, 6.07) is 6.50. The largest absolute Gasteiger partial charge is 0.396 e. The molecule has 0 saturated heterocycles. The summed E-state index contributed by atoms with van der Waals surface area (Å²) in [7, 11) is 0. The molecule has 0 fully saturated rings. The van der Waals surface area contributed by atoms with E-state index in [9.17, 15) is 10.1 Å². The number of hydrogen-bond donors (Lipinski definition) is 2. The number of para-hydroxylation sites is 1. The molecule has 0 aliphatic heterocycles. The highest BCUT2D eigenvalue weighted by Gasteiger charge is 2.17. The summed E-state index contributed by atoms with van der Waals surface area (Å²) in [5.74, 6) is 0.620. The molecule has 102 valence electrons. The van der Waals surface area contributed by atoms with Crippen LogP contribution < -0.4 is 0 Å². The Morgan fingerprint density at radius 2 is 2.30 bits per heavy atom. The molecule has 2 heterocycles. The first kappa shape index (κ1) is 12.3. The van der Waals surface area contributed by atoms with Crippen molar-refractivity contribution < 1.29 is 14.6 Å². The van der Waals surface area contributed by atoms with Gasteiger partial charge in [0, 0.05) is 17.9 Å². The molecule has 8 nitrogen and oxygen atoms in total. The highest BCUT2D eigenvalue weighted by molar-refractivity contribution is 5.91. The molecule has 0 aliphatic rings. The molecule has 0 saturated carbocycles. The third-order valence-electron chi connectivity index (χ3n) is 2.86. The molecule has 0 amide bonds. The number of hydrogen-bond acceptors (Lipinski definition) is 6. The number of H-pyrrole nitrogens is 1. The fourth-order valence-corrected chi connectivity index (χ4v) is 1.97. The van der Waals surface area contributed by atoms with Gasteiger partial charge in [0.15, 0.2) is 5.82 Å². The van der Waals surface area contributed by atoms with Gasteiger partial charge in [-0.05, 0) is 6.07 Å². The zero-order valence-corrected chi connectivity index (χ0v) is 10.2. The third-order valence-corrected chi connectivity index (χ3v) is 2.86. The first-order valence-corrected chi connectivity index (χ1v) is 5.89. The maximum absolute atomic E-state index is 11.0. The van der Waals surface area contributed by atoms with E-state index in [2.05, 4.69) is 15.1 Å². The van der Waals surface area contributed by atoms with Gasteiger partial charge in [0.05, 0.1) is 11.5 Å². The van der Waals surface area contributed by atoms with Crippen molar-refractivity contribution in [3.05, 3.63) is 40.2 Å². The molecule has 8 heteroatoms. The first-order chi connectivity index (χ1) is 9.69. The summed E-state index contributed by atoms with van der Waals surface area (Å²) >= 11 is 0. The highest BCUT2D eigenvalue weighted by Crippen LogP contribution is 2.29. The lowest BCUT2D eigenvalue weighted by Gasteiger charge is -1.92. The van der Waals surface area contributed by atoms with E-state index in [1.807, 2.05) is 0 Å². The normalized spacial score (nSPS) is 11.1. The van der Waals surface area contributed by atoms with E-state index in [1.54, 1.807) is 18.2 Å². The molecule has 0 aliphatic carbocycles. The van der Waals surface area contributed by atoms with Crippen molar-refractivity contribution in [1.82, 2.24) is 15.1 Å². The molecule has 3 rings (SSSR count). The summed E-state index contributed by atoms with van der Waals surface area (Å²) in [6.45, 7) is -0.0723. The number of aliphatic hydroxyl groups is 1. The summed E-state index contributed by atoms with van der Waals surface area (Å²) in [4.78, 5) is 17.5. The van der Waals surface area contributed by atoms with Crippen LogP contribution in [0.2, 0.25) is 0 Å². The smallest absolute Gasteiger partial charge is 0.293 e. The van der Waals surface area contributed by atoms with E-state index < -0.39 is 4.92 Å². The van der Waals surface area contributed by atoms with E-state index in [-0.39, 0.29) is 18.2 Å². The Morgan fingerprint density at radius 3 is 3.05 bits per heavy atom. The lowest BCUT2D eigenvalue weighted by Crippen LogP contribution is -1.92. The van der Waals surface area contributed by atoms with Crippen molar-refractivity contribution in [3.8, 4) is 11.6 Å². The summed E-state index contributed by atoms with van der Waals surface area (Å²) in [6.07, 6.45) is 0.296. The van der Waals surface area contributed by atoms with E-state index in [0.717, 1.165) is 0 Å². The Morgan fingerprint density at radius 1 is 1.45 bits per heavy atom. The van der Waals surface area contributed by atoms with Gasteiger partial charge in [-0.15, -0.1) is 0 Å². The Hall–Kier alpha value is -2.74. The Kier molecular flexibility index (Phi) is 2.92. The minimum Gasteiger partial charge on any atom is -0.396 e. The van der Waals surface area contributed by atoms with E-state index in [1.165, 1.54) is 6.07 Å². The number of nitro benzene ring substituents is 1. The number of benzene rings is 1. The maximum atomic E-state index is 11.0. The minimum atomic E-state index is -0.451. The van der Waals surface area contributed by atoms with Crippen molar-refractivity contribution in [2.75, 3.05) is 6.61 Å². The van der Waals surface area contributed by atoms with E-state index in [4.69, 9.17) is 9.63 Å². The number of nitro groups is 1. The molecule has 1 aromatic carbocycles. The van der Waals surface area contributed by atoms with Crippen LogP contribution in [-0.2, 0) is 6.42 Å². The van der Waals surface area contributed by atoms with Crippen LogP contribution in [0.1, 0.15) is 5.82 Å². The van der Waals surface area contributed by atoms with Gasteiger partial charge < -0.3 is 14.6 Å². The van der Waals surface area contributed by atoms with Crippen LogP contribution in [0, 0.1) is 10.1 Å². The van der Waals surface area contributed by atoms with Gasteiger partial charge in [0.1, 0.15) is 11.2 Å². The van der Waals surface area contributed by atoms with Crippen LogP contribution in [-0.4, -0.2) is 31.8 Å². The van der Waals surface area contributed by atoms with Gasteiger partial charge in [-0.1, -0.05) is 17.3 Å². The van der Waals surface area contributed by atoms with Gasteiger partial charge in [0.2, 0.25) is 0 Å². The lowest BCUT2D eigenvalue weighted by molar-refractivity contribution is -0.383. The standard InChI is InChI=1S/C12H10N4O4/c17-5-4-10-14-12(20-15-10)8-6-7-2-1-3-9(16(18)19)11(7)13-8/h1-3,6,13,17H,4-5H2. The molecule has 0 spiro atoms. The second-order valence-electron chi connectivity index (χ2n) is 4.17. The molecule has 0 atom stereocenters. The van der Waals surface area contributed by atoms with Crippen molar-refractivity contribution in [3.63, 3.8) is 0 Å². The molecule has 2 aromatic heterocycles. The predicted octanol–water partition coefficient (Wildman–Crippen LogP) is 1.66. The van der Waals surface area contributed by atoms with Crippen molar-refractivity contribution in [2.24, 2.45) is 0 Å². The molecule has 3 aromatic rings. The summed E-state index contributed by atoms with van der Waals surface area (Å²) < 4.78 is 5.06. The van der Waals surface area contributed by atoms with Crippen LogP contribution in [0.15, 0.2) is 28.8 Å². The van der Waals surface area contributed by atoms with Crippen LogP contribution in [0.3, 0.4) is 0 Å². The van der Waals surface area contributed by atoms with Gasteiger partial charge >= 0.3 is 0 Å². The Bertz CT molecular complexity index is 777. The second-order valence-corrected chi connectivity index (χ2v) is 4.17. The topological polar surface area (TPSA) is 118 Å². The second kappa shape index (κ2) is 4.74. The summed E-state index contributed by atoms with van der Waals surface area (Å²) in [5.41, 5.74) is 0.907. The van der Waals surface area contributed by atoms with Crippen molar-refractivity contribution >= 4 is 16.6 Å². The number of fused-ring (bicyclic) bond motifs is 1. The number of nitrogens with one attached hydrogen (secondary N) is 1. The number of nitrogens with zero attached hydrogens (tertiary/aromatic N) is 3. The third kappa shape index (κ3) is 2.01. The highest BCUT2D eigenvalue weighted by atomic mass is 16.6. The lowest BCUT2D eigenvalue weighted by atomic mass is 10.2. The number of aliphatic hydroxyl groups excluding tert-OH is 1. The maximum Gasteiger partial charge on any atom is 0.293 e. The monoisotopic (exact) mass is 274 g/mol. The number of aromatic nitrogens is 3. The number of rotatable bonds is 4. The number of non-ortho nitro benzene ring substituents is 1. The van der Waals surface area contributed by atoms with Crippen LogP contribution >= 0.6 is 0 Å². The zero-order valence-electron chi connectivity index (χ0n) is 10.2. The minimum absolute atomic E-state index is 0.0103. The van der Waals surface area contributed by atoms with Crippen LogP contribution in [0.5, 0.6) is 0 Å². The van der Waals surface area contributed by atoms with Crippen LogP contribution in [0.4, 0.5) is 5.69 Å². The van der Waals surface area contributed by atoms with E-state index >= 15 is 0 Å². The molecule has 20 heavy (non-hydrogen) atoms. The van der Waals surface area contributed by atoms with Gasteiger partial charge in [-0.2, -0.15) is 4.98 Å². The quantitative estimate of drug-likeness (QED) is 0.551. The molecule has 2 N–H and O–H groups in total.